The summed E-state index contributed by atoms with van der Waals surface area (Å²) in [5, 5.41) is 0. The monoisotopic (exact) mass is 252 g/mol. The first kappa shape index (κ1) is 30.3. The number of halogens is 2. The van der Waals surface area contributed by atoms with Gasteiger partial charge in [-0.25, -0.2) is 0 Å². The standard InChI is InChI=1S/Ca.2FH.Yb/h;2*1H;/q+2;;;/p-2. The van der Waals surface area contributed by atoms with E-state index in [1.807, 2.05) is 0 Å². The fourth-order valence-corrected chi connectivity index (χ4v) is 0. The number of hydrogen-bond donors (Lipinski definition) is 0. The van der Waals surface area contributed by atoms with Gasteiger partial charge in [-0.05, 0) is 0 Å². The van der Waals surface area contributed by atoms with Crippen molar-refractivity contribution in [1.29, 1.82) is 0 Å². The van der Waals surface area contributed by atoms with Crippen LogP contribution < -0.4 is 9.41 Å². The molecule has 0 heterocycles. The van der Waals surface area contributed by atoms with Gasteiger partial charge in [0.2, 0.25) is 0 Å². The second kappa shape index (κ2) is 17.4. The van der Waals surface area contributed by atoms with Crippen molar-refractivity contribution in [2.24, 2.45) is 0 Å². The van der Waals surface area contributed by atoms with Gasteiger partial charge in [0.1, 0.15) is 0 Å². The molecule has 0 saturated carbocycles. The van der Waals surface area contributed by atoms with Gasteiger partial charge in [0, 0.05) is 46.9 Å². The Bertz CT molecular complexity index is 6.00. The first-order valence-corrected chi connectivity index (χ1v) is 0. The van der Waals surface area contributed by atoms with Crippen molar-refractivity contribution in [2.75, 3.05) is 0 Å². The van der Waals surface area contributed by atoms with Crippen LogP contribution in [0.5, 0.6) is 0 Å². The van der Waals surface area contributed by atoms with Crippen LogP contribution in [0.3, 0.4) is 0 Å². The molecule has 0 atom stereocenters. The van der Waals surface area contributed by atoms with Gasteiger partial charge in [0.25, 0.3) is 0 Å². The third-order valence-corrected chi connectivity index (χ3v) is 0. The summed E-state index contributed by atoms with van der Waals surface area (Å²) in [6, 6.07) is 0. The molecule has 0 aromatic rings. The number of hydrogen-bond acceptors (Lipinski definition) is 0. The van der Waals surface area contributed by atoms with Crippen molar-refractivity contribution in [3.8, 4) is 0 Å². The van der Waals surface area contributed by atoms with E-state index in [9.17, 15) is 0 Å². The van der Waals surface area contributed by atoms with E-state index < -0.39 is 0 Å². The maximum absolute atomic E-state index is 0. The zero-order valence-corrected chi connectivity index (χ0v) is 5.65. The second-order valence-electron chi connectivity index (χ2n) is 0. The van der Waals surface area contributed by atoms with Crippen LogP contribution in [0.2, 0.25) is 0 Å². The molecule has 0 rings (SSSR count). The largest absolute Gasteiger partial charge is 2.00 e. The predicted octanol–water partition coefficient (Wildman–Crippen LogP) is -6.37. The fraction of sp³-hybridized carbons (Fsp3) is 0. The average Bonchev–Trinajstić information content (AvgIpc) is 0. The molecular weight excluding hydrogens is 251 g/mol. The Hall–Kier alpha value is 2.64. The first-order valence-electron chi connectivity index (χ1n) is 0. The summed E-state index contributed by atoms with van der Waals surface area (Å²) in [5.74, 6) is 0. The molecule has 0 aliphatic heterocycles. The van der Waals surface area contributed by atoms with Crippen molar-refractivity contribution in [2.45, 2.75) is 0 Å². The van der Waals surface area contributed by atoms with E-state index in [4.69, 9.17) is 0 Å². The van der Waals surface area contributed by atoms with E-state index >= 15 is 0 Å². The molecular formula is CaF2Yb. The normalized spacial score (nSPS) is 0. The van der Waals surface area contributed by atoms with Gasteiger partial charge < -0.3 is 9.41 Å². The van der Waals surface area contributed by atoms with Crippen molar-refractivity contribution < 1.29 is 56.3 Å². The summed E-state index contributed by atoms with van der Waals surface area (Å²) in [7, 11) is 0. The van der Waals surface area contributed by atoms with Gasteiger partial charge in [0.15, 0.2) is 0 Å². The van der Waals surface area contributed by atoms with Crippen LogP contribution in [0, 0.1) is 46.9 Å². The van der Waals surface area contributed by atoms with Gasteiger partial charge in [0.05, 0.1) is 0 Å². The molecule has 0 bridgehead atoms. The molecule has 4 heteroatoms. The molecule has 0 amide bonds. The van der Waals surface area contributed by atoms with Gasteiger partial charge in [-0.15, -0.1) is 0 Å². The first-order chi connectivity index (χ1) is 0. The number of rotatable bonds is 0. The molecule has 30 valence electrons. The minimum atomic E-state index is 0. The Kier molecular flexibility index (Phi) is 132. The molecule has 0 aromatic carbocycles. The molecule has 0 aliphatic rings. The van der Waals surface area contributed by atoms with E-state index in [1.165, 1.54) is 0 Å². The van der Waals surface area contributed by atoms with Crippen LogP contribution in [0.1, 0.15) is 0 Å². The van der Waals surface area contributed by atoms with Gasteiger partial charge >= 0.3 is 37.7 Å². The summed E-state index contributed by atoms with van der Waals surface area (Å²) in [6.45, 7) is 0. The zero-order valence-electron chi connectivity index (χ0n) is 1.73. The minimum Gasteiger partial charge on any atom is -1.00 e. The Morgan fingerprint density at radius 2 is 0.750 bits per heavy atom. The maximum Gasteiger partial charge on any atom is 2.00 e. The molecule has 0 radical (unpaired) electrons. The van der Waals surface area contributed by atoms with Crippen LogP contribution in [-0.2, 0) is 0 Å². The third-order valence-electron chi connectivity index (χ3n) is 0. The Balaban J connectivity index is 0. The SMILES string of the molecule is [Ca+2].[F-].[F-].[Yb]. The van der Waals surface area contributed by atoms with Crippen LogP contribution in [-0.4, -0.2) is 37.7 Å². The summed E-state index contributed by atoms with van der Waals surface area (Å²) >= 11 is 0. The quantitative estimate of drug-likeness (QED) is 0.376. The molecule has 4 heavy (non-hydrogen) atoms. The second-order valence-corrected chi connectivity index (χ2v) is 0. The van der Waals surface area contributed by atoms with E-state index in [2.05, 4.69) is 0 Å². The van der Waals surface area contributed by atoms with Crippen LogP contribution >= 0.6 is 0 Å². The molecule has 0 saturated heterocycles. The molecule has 0 aromatic heterocycles. The van der Waals surface area contributed by atoms with Gasteiger partial charge in [-0.2, -0.15) is 0 Å². The van der Waals surface area contributed by atoms with Crippen molar-refractivity contribution >= 4 is 37.7 Å². The predicted molar refractivity (Wildman–Crippen MR) is 5.75 cm³/mol. The van der Waals surface area contributed by atoms with Crippen molar-refractivity contribution in [3.63, 3.8) is 0 Å². The van der Waals surface area contributed by atoms with E-state index in [1.54, 1.807) is 0 Å². The van der Waals surface area contributed by atoms with Crippen molar-refractivity contribution in [1.82, 2.24) is 0 Å². The maximum atomic E-state index is 0. The summed E-state index contributed by atoms with van der Waals surface area (Å²) in [4.78, 5) is 0. The Morgan fingerprint density at radius 3 is 0.750 bits per heavy atom. The van der Waals surface area contributed by atoms with Gasteiger partial charge in [-0.3, -0.25) is 0 Å². The minimum absolute atomic E-state index is 0. The topological polar surface area (TPSA) is 0 Å². The van der Waals surface area contributed by atoms with Crippen LogP contribution in [0.15, 0.2) is 0 Å². The van der Waals surface area contributed by atoms with Gasteiger partial charge in [-0.1, -0.05) is 0 Å². The molecule has 0 fully saturated rings. The Labute approximate surface area is 91.7 Å². The molecule has 0 unspecified atom stereocenters. The molecule has 0 aliphatic carbocycles. The molecule has 0 N–H and O–H groups in total. The fourth-order valence-electron chi connectivity index (χ4n) is 0. The summed E-state index contributed by atoms with van der Waals surface area (Å²) < 4.78 is 0. The average molecular weight is 251 g/mol. The van der Waals surface area contributed by atoms with Crippen LogP contribution in [0.25, 0.3) is 0 Å². The third kappa shape index (κ3) is 8.82. The summed E-state index contributed by atoms with van der Waals surface area (Å²) in [5.41, 5.74) is 0. The summed E-state index contributed by atoms with van der Waals surface area (Å²) in [6.07, 6.45) is 0. The zero-order chi connectivity index (χ0) is 0. The van der Waals surface area contributed by atoms with E-state index in [-0.39, 0.29) is 94.1 Å². The smallest absolute Gasteiger partial charge is 1.00 e. The van der Waals surface area contributed by atoms with Crippen molar-refractivity contribution in [3.05, 3.63) is 0 Å². The van der Waals surface area contributed by atoms with E-state index in [0.29, 0.717) is 0 Å². The molecule has 0 nitrogen and oxygen atoms in total. The molecule has 0 spiro atoms. The van der Waals surface area contributed by atoms with Crippen LogP contribution in [0.4, 0.5) is 0 Å². The Morgan fingerprint density at radius 1 is 0.750 bits per heavy atom. The van der Waals surface area contributed by atoms with E-state index in [0.717, 1.165) is 0 Å².